The third kappa shape index (κ3) is 2.50. The second-order valence-corrected chi connectivity index (χ2v) is 14.8. The first kappa shape index (κ1) is 27.1. The van der Waals surface area contributed by atoms with Gasteiger partial charge in [-0.1, -0.05) is 20.8 Å². The minimum absolute atomic E-state index is 0.0398. The van der Waals surface area contributed by atoms with Crippen LogP contribution in [0.2, 0.25) is 0 Å². The van der Waals surface area contributed by atoms with Crippen molar-refractivity contribution in [3.63, 3.8) is 0 Å². The van der Waals surface area contributed by atoms with Crippen LogP contribution in [0.5, 0.6) is 0 Å². The van der Waals surface area contributed by atoms with Crippen molar-refractivity contribution in [2.45, 2.75) is 114 Å². The molecule has 3 aliphatic heterocycles. The van der Waals surface area contributed by atoms with E-state index in [0.29, 0.717) is 24.8 Å². The van der Waals surface area contributed by atoms with Gasteiger partial charge in [-0.15, -0.1) is 0 Å². The molecule has 4 saturated carbocycles. The molecule has 12 atom stereocenters. The molecule has 11 nitrogen and oxygen atoms in total. The number of ether oxygens (including phenoxy) is 6. The molecule has 3 saturated heterocycles. The quantitative estimate of drug-likeness (QED) is 0.401. The maximum Gasteiger partial charge on any atom is 0.306 e. The van der Waals surface area contributed by atoms with Gasteiger partial charge in [0.05, 0.1) is 26.1 Å². The number of hydrogen-bond acceptors (Lipinski definition) is 11. The van der Waals surface area contributed by atoms with Gasteiger partial charge < -0.3 is 37.9 Å². The van der Waals surface area contributed by atoms with E-state index in [1.165, 1.54) is 20.3 Å². The number of fused-ring (bicyclic) bond motifs is 3. The van der Waals surface area contributed by atoms with E-state index in [1.54, 1.807) is 19.3 Å². The van der Waals surface area contributed by atoms with Crippen LogP contribution in [0.15, 0.2) is 23.0 Å². The van der Waals surface area contributed by atoms with Gasteiger partial charge in [0, 0.05) is 42.6 Å². The van der Waals surface area contributed by atoms with Crippen LogP contribution in [0.25, 0.3) is 0 Å². The van der Waals surface area contributed by atoms with Crippen LogP contribution in [-0.2, 0) is 42.8 Å². The van der Waals surface area contributed by atoms with Gasteiger partial charge in [-0.3, -0.25) is 14.4 Å². The summed E-state index contributed by atoms with van der Waals surface area (Å²) in [4.78, 5) is 39.0. The highest BCUT2D eigenvalue weighted by Gasteiger charge is 3.01. The topological polar surface area (TPSA) is 140 Å². The Balaban J connectivity index is 1.40. The summed E-state index contributed by atoms with van der Waals surface area (Å²) in [6.07, 6.45) is 2.93. The Labute approximate surface area is 243 Å². The van der Waals surface area contributed by atoms with Gasteiger partial charge >= 0.3 is 17.9 Å². The van der Waals surface area contributed by atoms with Crippen molar-refractivity contribution in [3.05, 3.63) is 24.2 Å². The molecule has 4 heterocycles. The Bertz CT molecular complexity index is 1430. The first-order valence-corrected chi connectivity index (χ1v) is 14.9. The average molecular weight is 587 g/mol. The molecule has 12 unspecified atom stereocenters. The molecule has 7 fully saturated rings. The molecule has 3 spiro atoms. The van der Waals surface area contributed by atoms with Crippen LogP contribution >= 0.6 is 0 Å². The second-order valence-electron chi connectivity index (χ2n) is 14.8. The molecule has 0 radical (unpaired) electrons. The number of esters is 3. The molecule has 4 aliphatic carbocycles. The lowest BCUT2D eigenvalue weighted by Crippen LogP contribution is -2.92. The summed E-state index contributed by atoms with van der Waals surface area (Å²) in [5, 5.41) is 13.0. The predicted molar refractivity (Wildman–Crippen MR) is 139 cm³/mol. The number of furan rings is 1. The molecular weight excluding hydrogens is 548 g/mol. The number of hydrogen-bond donors (Lipinski definition) is 1. The van der Waals surface area contributed by atoms with Crippen LogP contribution < -0.4 is 0 Å². The normalized spacial score (nSPS) is 54.7. The van der Waals surface area contributed by atoms with Gasteiger partial charge in [0.2, 0.25) is 0 Å². The van der Waals surface area contributed by atoms with E-state index in [-0.39, 0.29) is 31.1 Å². The summed E-state index contributed by atoms with van der Waals surface area (Å²) in [5.74, 6) is -3.69. The van der Waals surface area contributed by atoms with Crippen molar-refractivity contribution >= 4 is 17.9 Å². The molecule has 42 heavy (non-hydrogen) atoms. The molecule has 0 aromatic carbocycles. The zero-order valence-electron chi connectivity index (χ0n) is 24.8. The molecule has 7 aliphatic rings. The summed E-state index contributed by atoms with van der Waals surface area (Å²) in [6, 6.07) is 1.76. The van der Waals surface area contributed by atoms with Crippen LogP contribution in [-0.4, -0.2) is 64.6 Å². The predicted octanol–water partition coefficient (Wildman–Crippen LogP) is 3.33. The van der Waals surface area contributed by atoms with Gasteiger partial charge in [-0.25, -0.2) is 0 Å². The summed E-state index contributed by atoms with van der Waals surface area (Å²) < 4.78 is 43.8. The minimum Gasteiger partial charge on any atom is -0.472 e. The van der Waals surface area contributed by atoms with Crippen LogP contribution in [0, 0.1) is 28.1 Å². The van der Waals surface area contributed by atoms with Crippen molar-refractivity contribution in [2.75, 3.05) is 7.11 Å². The smallest absolute Gasteiger partial charge is 0.306 e. The van der Waals surface area contributed by atoms with Gasteiger partial charge in [-0.05, 0) is 43.1 Å². The summed E-state index contributed by atoms with van der Waals surface area (Å²) >= 11 is 0. The maximum absolute atomic E-state index is 13.6. The second kappa shape index (κ2) is 7.42. The first-order valence-electron chi connectivity index (χ1n) is 14.9. The summed E-state index contributed by atoms with van der Waals surface area (Å²) in [5.41, 5.74) is -6.93. The molecule has 1 N–H and O–H groups in total. The van der Waals surface area contributed by atoms with E-state index in [4.69, 9.17) is 32.8 Å². The highest BCUT2D eigenvalue weighted by Crippen LogP contribution is 2.89. The number of carbonyl (C=O) groups is 3. The first-order chi connectivity index (χ1) is 19.6. The fourth-order valence-electron chi connectivity index (χ4n) is 12.1. The maximum atomic E-state index is 13.6. The number of carbonyl (C=O) groups excluding carboxylic acids is 3. The zero-order valence-corrected chi connectivity index (χ0v) is 24.8. The van der Waals surface area contributed by atoms with Crippen molar-refractivity contribution < 1.29 is 52.3 Å². The fourth-order valence-corrected chi connectivity index (χ4v) is 12.1. The van der Waals surface area contributed by atoms with Crippen LogP contribution in [0.3, 0.4) is 0 Å². The van der Waals surface area contributed by atoms with E-state index in [1.807, 2.05) is 6.92 Å². The molecule has 11 heteroatoms. The molecule has 0 amide bonds. The lowest BCUT2D eigenvalue weighted by Gasteiger charge is -2.77. The number of rotatable bonds is 5. The monoisotopic (exact) mass is 586 g/mol. The highest BCUT2D eigenvalue weighted by atomic mass is 16.9. The van der Waals surface area contributed by atoms with Gasteiger partial charge in [0.25, 0.3) is 5.97 Å². The molecule has 1 aromatic heterocycles. The third-order valence-electron chi connectivity index (χ3n) is 13.0. The largest absolute Gasteiger partial charge is 0.472 e. The Kier molecular flexibility index (Phi) is 4.79. The lowest BCUT2D eigenvalue weighted by atomic mass is 9.33. The lowest BCUT2D eigenvalue weighted by molar-refractivity contribution is -0.472. The Hall–Kier alpha value is -2.47. The molecule has 1 aromatic rings. The van der Waals surface area contributed by atoms with Gasteiger partial charge in [0.1, 0.15) is 28.5 Å². The van der Waals surface area contributed by atoms with Gasteiger partial charge in [-0.2, -0.15) is 0 Å². The van der Waals surface area contributed by atoms with E-state index >= 15 is 0 Å². The van der Waals surface area contributed by atoms with Crippen molar-refractivity contribution in [1.29, 1.82) is 0 Å². The van der Waals surface area contributed by atoms with Crippen LogP contribution in [0.4, 0.5) is 0 Å². The van der Waals surface area contributed by atoms with Crippen molar-refractivity contribution in [1.82, 2.24) is 0 Å². The molecule has 228 valence electrons. The molecular formula is C31H38O11. The van der Waals surface area contributed by atoms with E-state index < -0.39 is 74.7 Å². The fraction of sp³-hybridized carbons (Fsp3) is 0.774. The Morgan fingerprint density at radius 2 is 1.83 bits per heavy atom. The van der Waals surface area contributed by atoms with E-state index in [9.17, 15) is 19.5 Å². The molecule has 8 rings (SSSR count). The van der Waals surface area contributed by atoms with Crippen molar-refractivity contribution in [2.24, 2.45) is 28.1 Å². The summed E-state index contributed by atoms with van der Waals surface area (Å²) in [7, 11) is 1.38. The Morgan fingerprint density at radius 3 is 2.50 bits per heavy atom. The average Bonchev–Trinajstić information content (AvgIpc) is 3.60. The number of aliphatic hydroxyl groups is 1. The van der Waals surface area contributed by atoms with Gasteiger partial charge in [0.15, 0.2) is 6.10 Å². The standard InChI is InChI=1S/C31H38O11/c1-16(32)38-22(17-7-10-37-13-17)25(3)8-9-29-26(4)18(11-20(33)36-6)24(2)14-28(35)23-31(29,19(25)12-21(34)39-23)42-27(5,40-29)41-30(26,28)15-24/h7,10,13,18-19,22-23,35H,8-9,11-12,14-15H2,1-6H3. The zero-order chi connectivity index (χ0) is 29.9. The number of methoxy groups -OCH3 is 1. The van der Waals surface area contributed by atoms with E-state index in [2.05, 4.69) is 13.8 Å². The Morgan fingerprint density at radius 1 is 1.10 bits per heavy atom. The van der Waals surface area contributed by atoms with E-state index in [0.717, 1.165) is 0 Å². The molecule has 4 bridgehead atoms. The van der Waals surface area contributed by atoms with Crippen LogP contribution in [0.1, 0.15) is 84.8 Å². The highest BCUT2D eigenvalue weighted by molar-refractivity contribution is 5.74. The SMILES string of the molecule is COC(=O)CC1C2(C)CC3(O)C4OC(=O)CC5C(C)(C(OC(C)=O)c6ccoc6)CCC67OC(C)(OC546)OC3(C2)C17C. The third-order valence-corrected chi connectivity index (χ3v) is 13.0. The summed E-state index contributed by atoms with van der Waals surface area (Å²) in [6.45, 7) is 9.24. The minimum atomic E-state index is -1.62. The van der Waals surface area contributed by atoms with Crippen molar-refractivity contribution in [3.8, 4) is 0 Å².